The van der Waals surface area contributed by atoms with Gasteiger partial charge in [-0.3, -0.25) is 16.8 Å². The summed E-state index contributed by atoms with van der Waals surface area (Å²) in [5.74, 6) is 0. The molecule has 0 aromatic heterocycles. The third-order valence-electron chi connectivity index (χ3n) is 0. The summed E-state index contributed by atoms with van der Waals surface area (Å²) < 4.78 is 68.2. The van der Waals surface area contributed by atoms with Crippen LogP contribution in [0.2, 0.25) is 0 Å². The van der Waals surface area contributed by atoms with E-state index >= 15 is 0 Å². The molecule has 12 nitrogen and oxygen atoms in total. The molecule has 0 radical (unpaired) electrons. The molecule has 0 atom stereocenters. The van der Waals surface area contributed by atoms with E-state index in [1.54, 1.807) is 0 Å². The van der Waals surface area contributed by atoms with Crippen LogP contribution >= 0.6 is 0 Å². The molecule has 0 bridgehead atoms. The van der Waals surface area contributed by atoms with E-state index < -0.39 is 20.8 Å². The summed E-state index contributed by atoms with van der Waals surface area (Å²) >= 11 is 0. The molecule has 15 heteroatoms. The van der Waals surface area contributed by atoms with Crippen LogP contribution in [0.3, 0.4) is 0 Å². The Balaban J connectivity index is -0.0000000128. The van der Waals surface area contributed by atoms with Gasteiger partial charge in [0.25, 0.3) is 0 Å². The molecule has 0 amide bonds. The van der Waals surface area contributed by atoms with Gasteiger partial charge in [-0.05, 0) is 0 Å². The maximum atomic E-state index is 8.52. The van der Waals surface area contributed by atoms with E-state index in [9.17, 15) is 0 Å². The Labute approximate surface area is 118 Å². The first kappa shape index (κ1) is 44.5. The van der Waals surface area contributed by atoms with Crippen LogP contribution in [0.5, 0.6) is 0 Å². The van der Waals surface area contributed by atoms with Crippen LogP contribution in [0.4, 0.5) is 0 Å². The SMILES string of the molecule is O.O.O.O.O=S(=O)([O-])[O-].O=S(=O)([O-])[O-].[Ce]. The van der Waals surface area contributed by atoms with Crippen molar-refractivity contribution in [2.75, 3.05) is 0 Å². The monoisotopic (exact) mass is 404 g/mol. The Hall–Kier alpha value is 0.957. The van der Waals surface area contributed by atoms with E-state index in [0.717, 1.165) is 0 Å². The molecule has 0 fully saturated rings. The Morgan fingerprint density at radius 2 is 0.533 bits per heavy atom. The van der Waals surface area contributed by atoms with Crippen LogP contribution in [0, 0.1) is 41.7 Å². The van der Waals surface area contributed by atoms with Crippen LogP contribution in [0.1, 0.15) is 0 Å². The molecule has 15 heavy (non-hydrogen) atoms. The zero-order valence-corrected chi connectivity index (χ0v) is 11.4. The van der Waals surface area contributed by atoms with Crippen LogP contribution in [0.25, 0.3) is 0 Å². The fraction of sp³-hybridized carbons (Fsp3) is 0. The summed E-state index contributed by atoms with van der Waals surface area (Å²) in [5.41, 5.74) is 0. The minimum absolute atomic E-state index is 0. The van der Waals surface area contributed by atoms with E-state index in [1.165, 1.54) is 0 Å². The Morgan fingerprint density at radius 1 is 0.533 bits per heavy atom. The summed E-state index contributed by atoms with van der Waals surface area (Å²) in [6, 6.07) is 0. The predicted molar refractivity (Wildman–Crippen MR) is 35.4 cm³/mol. The molecule has 0 aromatic rings. The van der Waals surface area contributed by atoms with Crippen LogP contribution in [0.15, 0.2) is 0 Å². The fourth-order valence-corrected chi connectivity index (χ4v) is 0. The fourth-order valence-electron chi connectivity index (χ4n) is 0. The molecular formula is H8CeO12S2-4. The molecule has 0 saturated carbocycles. The molecule has 0 rings (SSSR count). The van der Waals surface area contributed by atoms with E-state index in [-0.39, 0.29) is 63.7 Å². The Bertz CT molecular complexity index is 210. The van der Waals surface area contributed by atoms with Gasteiger partial charge in [-0.1, -0.05) is 0 Å². The van der Waals surface area contributed by atoms with Crippen LogP contribution < -0.4 is 0 Å². The first-order chi connectivity index (χ1) is 4.00. The third-order valence-corrected chi connectivity index (χ3v) is 0. The topological polar surface area (TPSA) is 287 Å². The van der Waals surface area contributed by atoms with Gasteiger partial charge >= 0.3 is 0 Å². The zero-order chi connectivity index (χ0) is 9.00. The smallest absolute Gasteiger partial charge is 0.0311 e. The quantitative estimate of drug-likeness (QED) is 0.275. The maximum absolute atomic E-state index is 8.52. The average Bonchev–Trinajstić information content (AvgIpc) is 1.12. The summed E-state index contributed by atoms with van der Waals surface area (Å²) in [5, 5.41) is 0. The molecule has 0 unspecified atom stereocenters. The normalized spacial score (nSPS) is 7.73. The largest absolute Gasteiger partial charge is 0.759 e. The molecule has 0 aliphatic rings. The second kappa shape index (κ2) is 17.4. The zero-order valence-electron chi connectivity index (χ0n) is 6.58. The summed E-state index contributed by atoms with van der Waals surface area (Å²) in [4.78, 5) is 0. The van der Waals surface area contributed by atoms with Crippen molar-refractivity contribution in [1.82, 2.24) is 0 Å². The molecule has 0 aliphatic carbocycles. The summed E-state index contributed by atoms with van der Waals surface area (Å²) in [6.07, 6.45) is 0. The minimum Gasteiger partial charge on any atom is -0.759 e. The van der Waals surface area contributed by atoms with Gasteiger partial charge in [-0.25, -0.2) is 0 Å². The van der Waals surface area contributed by atoms with Gasteiger partial charge in [0.1, 0.15) is 0 Å². The van der Waals surface area contributed by atoms with Gasteiger partial charge in [-0.2, -0.15) is 0 Å². The van der Waals surface area contributed by atoms with E-state index in [1.807, 2.05) is 0 Å². The Kier molecular flexibility index (Phi) is 51.5. The maximum Gasteiger partial charge on any atom is 0.0311 e. The van der Waals surface area contributed by atoms with Crippen LogP contribution in [-0.4, -0.2) is 57.0 Å². The van der Waals surface area contributed by atoms with Crippen molar-refractivity contribution in [3.63, 3.8) is 0 Å². The van der Waals surface area contributed by atoms with E-state index in [0.29, 0.717) is 0 Å². The number of rotatable bonds is 0. The van der Waals surface area contributed by atoms with Gasteiger partial charge in [0.2, 0.25) is 0 Å². The molecule has 8 N–H and O–H groups in total. The van der Waals surface area contributed by atoms with Gasteiger partial charge in [-0.15, -0.1) is 0 Å². The van der Waals surface area contributed by atoms with Gasteiger partial charge in [0, 0.05) is 62.5 Å². The standard InChI is InChI=1S/Ce.2H2O4S.4H2O/c;2*1-5(2,3)4;;;;/h;2*(H2,1,2,3,4);4*1H2/p-4. The van der Waals surface area contributed by atoms with Crippen molar-refractivity contribution >= 4 is 20.8 Å². The molecule has 0 spiro atoms. The third kappa shape index (κ3) is 2740. The molecule has 100 valence electrons. The van der Waals surface area contributed by atoms with E-state index in [2.05, 4.69) is 0 Å². The summed E-state index contributed by atoms with van der Waals surface area (Å²) in [7, 11) is -10.3. The van der Waals surface area contributed by atoms with Crippen molar-refractivity contribution in [3.8, 4) is 0 Å². The molecule has 0 aliphatic heterocycles. The number of hydrogen-bond acceptors (Lipinski definition) is 8. The summed E-state index contributed by atoms with van der Waals surface area (Å²) in [6.45, 7) is 0. The van der Waals surface area contributed by atoms with Crippen molar-refractivity contribution < 1.29 is 98.7 Å². The van der Waals surface area contributed by atoms with Gasteiger partial charge < -0.3 is 40.1 Å². The molecule has 0 saturated heterocycles. The van der Waals surface area contributed by atoms with Crippen molar-refractivity contribution in [3.05, 3.63) is 0 Å². The van der Waals surface area contributed by atoms with Crippen molar-refractivity contribution in [2.24, 2.45) is 0 Å². The predicted octanol–water partition coefficient (Wildman–Crippen LogP) is -5.97. The van der Waals surface area contributed by atoms with Crippen molar-refractivity contribution in [2.45, 2.75) is 0 Å². The molecular weight excluding hydrogens is 396 g/mol. The van der Waals surface area contributed by atoms with Gasteiger partial charge in [0.05, 0.1) is 0 Å². The second-order valence-electron chi connectivity index (χ2n) is 0.816. The molecule has 0 heterocycles. The van der Waals surface area contributed by atoms with Gasteiger partial charge in [0.15, 0.2) is 0 Å². The second-order valence-corrected chi connectivity index (χ2v) is 2.45. The minimum atomic E-state index is -5.17. The number of hydrogen-bond donors (Lipinski definition) is 0. The van der Waals surface area contributed by atoms with Crippen LogP contribution in [-0.2, 0) is 20.8 Å². The van der Waals surface area contributed by atoms with Crippen molar-refractivity contribution in [1.29, 1.82) is 0 Å². The Morgan fingerprint density at radius 3 is 0.533 bits per heavy atom. The van der Waals surface area contributed by atoms with E-state index in [4.69, 9.17) is 35.0 Å². The average molecular weight is 404 g/mol. The molecule has 0 aromatic carbocycles. The first-order valence-electron chi connectivity index (χ1n) is 1.33. The first-order valence-corrected chi connectivity index (χ1v) is 4.00.